The Morgan fingerprint density at radius 3 is 2.63 bits per heavy atom. The number of ether oxygens (including phenoxy) is 1. The van der Waals surface area contributed by atoms with E-state index in [2.05, 4.69) is 22.0 Å². The van der Waals surface area contributed by atoms with Gasteiger partial charge in [0.1, 0.15) is 6.61 Å². The maximum atomic E-state index is 14.9. The Morgan fingerprint density at radius 1 is 1.04 bits per heavy atom. The molecule has 0 N–H and O–H groups in total. The van der Waals surface area contributed by atoms with Crippen LogP contribution in [0, 0.1) is 17.1 Å². The molecule has 1 heterocycles. The normalized spacial score (nSPS) is 10.7. The molecule has 0 saturated heterocycles. The average Bonchev–Trinajstić information content (AvgIpc) is 3.13. The highest BCUT2D eigenvalue weighted by Gasteiger charge is 2.15. The zero-order chi connectivity index (χ0) is 18.8. The lowest BCUT2D eigenvalue weighted by Gasteiger charge is -2.13. The molecule has 5 heteroatoms. The Hall–Kier alpha value is -3.10. The third kappa shape index (κ3) is 3.32. The first-order chi connectivity index (χ1) is 13.2. The van der Waals surface area contributed by atoms with Gasteiger partial charge in [-0.15, -0.1) is 0 Å². The first-order valence-electron chi connectivity index (χ1n) is 8.33. The molecule has 3 nitrogen and oxygen atoms in total. The van der Waals surface area contributed by atoms with E-state index in [4.69, 9.17) is 10.00 Å². The molecule has 0 bridgehead atoms. The van der Waals surface area contributed by atoms with E-state index in [1.807, 2.05) is 53.2 Å². The van der Waals surface area contributed by atoms with Crippen LogP contribution >= 0.6 is 15.9 Å². The van der Waals surface area contributed by atoms with Gasteiger partial charge in [0.25, 0.3) is 0 Å². The Labute approximate surface area is 164 Å². The molecule has 0 aliphatic heterocycles. The fourth-order valence-corrected chi connectivity index (χ4v) is 3.48. The van der Waals surface area contributed by atoms with Crippen LogP contribution in [-0.2, 0) is 6.61 Å². The third-order valence-corrected chi connectivity index (χ3v) is 5.10. The van der Waals surface area contributed by atoms with E-state index in [1.165, 1.54) is 0 Å². The van der Waals surface area contributed by atoms with Crippen molar-refractivity contribution in [2.24, 2.45) is 0 Å². The second kappa shape index (κ2) is 7.26. The maximum absolute atomic E-state index is 14.9. The molecular formula is C22H14BrFN2O. The molecule has 4 aromatic rings. The van der Waals surface area contributed by atoms with Crippen LogP contribution in [0.25, 0.3) is 16.6 Å². The molecule has 0 unspecified atom stereocenters. The fourth-order valence-electron chi connectivity index (χ4n) is 2.96. The first kappa shape index (κ1) is 17.3. The third-order valence-electron chi connectivity index (χ3n) is 4.35. The van der Waals surface area contributed by atoms with E-state index in [-0.39, 0.29) is 5.75 Å². The molecule has 0 saturated carbocycles. The minimum atomic E-state index is -0.457. The topological polar surface area (TPSA) is 38.0 Å². The van der Waals surface area contributed by atoms with Crippen LogP contribution in [0.3, 0.4) is 0 Å². The Bertz CT molecular complexity index is 1160. The molecule has 27 heavy (non-hydrogen) atoms. The van der Waals surface area contributed by atoms with Gasteiger partial charge in [-0.1, -0.05) is 36.4 Å². The molecule has 132 valence electrons. The SMILES string of the molecule is N#Cc1ccc2ccn(-c3ccc(OCc4ccccc4)c(F)c3Br)c2c1. The monoisotopic (exact) mass is 420 g/mol. The molecule has 3 aromatic carbocycles. The molecule has 0 aliphatic carbocycles. The van der Waals surface area contributed by atoms with E-state index in [0.29, 0.717) is 22.3 Å². The summed E-state index contributed by atoms with van der Waals surface area (Å²) in [7, 11) is 0. The van der Waals surface area contributed by atoms with Crippen molar-refractivity contribution in [3.8, 4) is 17.5 Å². The van der Waals surface area contributed by atoms with Crippen molar-refractivity contribution in [1.82, 2.24) is 4.57 Å². The number of rotatable bonds is 4. The van der Waals surface area contributed by atoms with Crippen LogP contribution in [0.2, 0.25) is 0 Å². The van der Waals surface area contributed by atoms with Gasteiger partial charge in [0.15, 0.2) is 11.6 Å². The molecule has 0 atom stereocenters. The number of aromatic nitrogens is 1. The predicted octanol–water partition coefficient (Wildman–Crippen LogP) is 5.98. The van der Waals surface area contributed by atoms with Gasteiger partial charge in [-0.05, 0) is 51.8 Å². The van der Waals surface area contributed by atoms with E-state index in [1.54, 1.807) is 24.3 Å². The highest BCUT2D eigenvalue weighted by molar-refractivity contribution is 9.10. The van der Waals surface area contributed by atoms with Crippen LogP contribution in [0.4, 0.5) is 4.39 Å². The highest BCUT2D eigenvalue weighted by Crippen LogP contribution is 2.33. The number of nitriles is 1. The van der Waals surface area contributed by atoms with Gasteiger partial charge in [0.2, 0.25) is 0 Å². The van der Waals surface area contributed by atoms with Crippen LogP contribution in [0.1, 0.15) is 11.1 Å². The number of fused-ring (bicyclic) bond motifs is 1. The summed E-state index contributed by atoms with van der Waals surface area (Å²) in [5.41, 5.74) is 3.01. The molecule has 4 rings (SSSR count). The van der Waals surface area contributed by atoms with E-state index >= 15 is 0 Å². The largest absolute Gasteiger partial charge is 0.486 e. The van der Waals surface area contributed by atoms with Crippen molar-refractivity contribution in [3.05, 3.63) is 94.3 Å². The summed E-state index contributed by atoms with van der Waals surface area (Å²) in [6.07, 6.45) is 1.86. The average molecular weight is 421 g/mol. The zero-order valence-electron chi connectivity index (χ0n) is 14.2. The van der Waals surface area contributed by atoms with Gasteiger partial charge in [-0.2, -0.15) is 5.26 Å². The van der Waals surface area contributed by atoms with Gasteiger partial charge in [-0.3, -0.25) is 0 Å². The van der Waals surface area contributed by atoms with Crippen molar-refractivity contribution in [1.29, 1.82) is 5.26 Å². The molecule has 0 radical (unpaired) electrons. The number of hydrogen-bond donors (Lipinski definition) is 0. The quantitative estimate of drug-likeness (QED) is 0.407. The minimum Gasteiger partial charge on any atom is -0.486 e. The van der Waals surface area contributed by atoms with Crippen molar-refractivity contribution in [2.45, 2.75) is 6.61 Å². The Kier molecular flexibility index (Phi) is 4.66. The van der Waals surface area contributed by atoms with Crippen molar-refractivity contribution in [3.63, 3.8) is 0 Å². The molecule has 0 spiro atoms. The van der Waals surface area contributed by atoms with Crippen LogP contribution in [0.5, 0.6) is 5.75 Å². The zero-order valence-corrected chi connectivity index (χ0v) is 15.8. The maximum Gasteiger partial charge on any atom is 0.181 e. The fraction of sp³-hybridized carbons (Fsp3) is 0.0455. The number of nitrogens with zero attached hydrogens (tertiary/aromatic N) is 2. The lowest BCUT2D eigenvalue weighted by atomic mass is 10.2. The summed E-state index contributed by atoms with van der Waals surface area (Å²) in [5.74, 6) is -0.273. The van der Waals surface area contributed by atoms with Crippen molar-refractivity contribution in [2.75, 3.05) is 0 Å². The molecule has 0 aliphatic rings. The van der Waals surface area contributed by atoms with Gasteiger partial charge in [-0.25, -0.2) is 4.39 Å². The second-order valence-corrected chi connectivity index (χ2v) is 6.85. The van der Waals surface area contributed by atoms with E-state index in [9.17, 15) is 4.39 Å². The van der Waals surface area contributed by atoms with Gasteiger partial charge >= 0.3 is 0 Å². The molecule has 0 amide bonds. The summed E-state index contributed by atoms with van der Waals surface area (Å²) >= 11 is 3.36. The summed E-state index contributed by atoms with van der Waals surface area (Å²) in [6, 6.07) is 22.5. The van der Waals surface area contributed by atoms with Crippen LogP contribution < -0.4 is 4.74 Å². The van der Waals surface area contributed by atoms with Gasteiger partial charge < -0.3 is 9.30 Å². The number of hydrogen-bond acceptors (Lipinski definition) is 2. The highest BCUT2D eigenvalue weighted by atomic mass is 79.9. The standard InChI is InChI=1S/C22H14BrFN2O/c23-21-18(26-11-10-17-7-6-16(13-25)12-19(17)26)8-9-20(22(21)24)27-14-15-4-2-1-3-5-15/h1-12H,14H2. The van der Waals surface area contributed by atoms with E-state index < -0.39 is 5.82 Å². The van der Waals surface area contributed by atoms with E-state index in [0.717, 1.165) is 16.5 Å². The van der Waals surface area contributed by atoms with Gasteiger partial charge in [0.05, 0.1) is 27.3 Å². The summed E-state index contributed by atoms with van der Waals surface area (Å²) in [4.78, 5) is 0. The minimum absolute atomic E-state index is 0.184. The summed E-state index contributed by atoms with van der Waals surface area (Å²) < 4.78 is 22.7. The lowest BCUT2D eigenvalue weighted by molar-refractivity contribution is 0.289. The van der Waals surface area contributed by atoms with Crippen LogP contribution in [0.15, 0.2) is 77.4 Å². The number of benzene rings is 3. The van der Waals surface area contributed by atoms with Crippen LogP contribution in [-0.4, -0.2) is 4.57 Å². The van der Waals surface area contributed by atoms with Crippen molar-refractivity contribution < 1.29 is 9.13 Å². The smallest absolute Gasteiger partial charge is 0.181 e. The molecule has 0 fully saturated rings. The summed E-state index contributed by atoms with van der Waals surface area (Å²) in [5, 5.41) is 10.1. The van der Waals surface area contributed by atoms with Gasteiger partial charge in [0, 0.05) is 11.6 Å². The molecular weight excluding hydrogens is 407 g/mol. The van der Waals surface area contributed by atoms with Crippen molar-refractivity contribution >= 4 is 26.8 Å². The first-order valence-corrected chi connectivity index (χ1v) is 9.13. The molecule has 1 aromatic heterocycles. The predicted molar refractivity (Wildman–Crippen MR) is 106 cm³/mol. The number of halogens is 2. The second-order valence-electron chi connectivity index (χ2n) is 6.06. The Morgan fingerprint density at radius 2 is 1.85 bits per heavy atom. The summed E-state index contributed by atoms with van der Waals surface area (Å²) in [6.45, 7) is 0.293. The lowest BCUT2D eigenvalue weighted by Crippen LogP contribution is -2.01. The Balaban J connectivity index is 1.69.